The number of nitrogens with one attached hydrogen (secondary N) is 1. The highest BCUT2D eigenvalue weighted by molar-refractivity contribution is 5.76. The van der Waals surface area contributed by atoms with Crippen LogP contribution in [0.15, 0.2) is 24.3 Å². The van der Waals surface area contributed by atoms with Crippen molar-refractivity contribution >= 4 is 11.9 Å². The van der Waals surface area contributed by atoms with E-state index in [-0.39, 0.29) is 18.5 Å². The Kier molecular flexibility index (Phi) is 39.8. The lowest BCUT2D eigenvalue weighted by Crippen LogP contribution is -2.45. The van der Waals surface area contributed by atoms with Crippen LogP contribution >= 0.6 is 0 Å². The molecule has 0 saturated heterocycles. The second-order valence-corrected chi connectivity index (χ2v) is 15.0. The van der Waals surface area contributed by atoms with Crippen molar-refractivity contribution in [1.29, 1.82) is 0 Å². The molecular formula is C45H85NO5. The normalized spacial score (nSPS) is 12.9. The van der Waals surface area contributed by atoms with Crippen molar-refractivity contribution in [3.8, 4) is 0 Å². The van der Waals surface area contributed by atoms with E-state index in [2.05, 4.69) is 43.5 Å². The number of carbonyl (C=O) groups is 2. The number of hydrogen-bond donors (Lipinski definition) is 3. The number of amides is 1. The summed E-state index contributed by atoms with van der Waals surface area (Å²) in [4.78, 5) is 24.4. The molecule has 0 bridgehead atoms. The van der Waals surface area contributed by atoms with Crippen LogP contribution in [0.1, 0.15) is 226 Å². The van der Waals surface area contributed by atoms with Gasteiger partial charge in [-0.2, -0.15) is 0 Å². The van der Waals surface area contributed by atoms with Crippen molar-refractivity contribution < 1.29 is 24.5 Å². The highest BCUT2D eigenvalue weighted by Gasteiger charge is 2.20. The Morgan fingerprint density at radius 2 is 1.02 bits per heavy atom. The third-order valence-corrected chi connectivity index (χ3v) is 9.98. The number of allylic oxidation sites excluding steroid dienone is 4. The molecule has 0 heterocycles. The van der Waals surface area contributed by atoms with Gasteiger partial charge in [-0.05, 0) is 51.4 Å². The van der Waals surface area contributed by atoms with Gasteiger partial charge in [-0.3, -0.25) is 9.59 Å². The number of rotatable bonds is 40. The third kappa shape index (κ3) is 37.9. The molecule has 0 aliphatic rings. The molecule has 2 unspecified atom stereocenters. The van der Waals surface area contributed by atoms with Gasteiger partial charge in [-0.1, -0.05) is 186 Å². The monoisotopic (exact) mass is 720 g/mol. The molecule has 51 heavy (non-hydrogen) atoms. The van der Waals surface area contributed by atoms with Gasteiger partial charge >= 0.3 is 5.97 Å². The SMILES string of the molecule is CCC/C=C\C/C=C\CCCCCCCC(=O)OCCCCCCCCCCCC(=O)NC(CO)C(O)CCCCCCCCCCCCCC. The first-order valence-corrected chi connectivity index (χ1v) is 22.1. The highest BCUT2D eigenvalue weighted by atomic mass is 16.5. The predicted octanol–water partition coefficient (Wildman–Crippen LogP) is 12.4. The summed E-state index contributed by atoms with van der Waals surface area (Å²) < 4.78 is 5.42. The Bertz CT molecular complexity index is 797. The van der Waals surface area contributed by atoms with Gasteiger partial charge in [0.15, 0.2) is 0 Å². The van der Waals surface area contributed by atoms with Gasteiger partial charge in [0.2, 0.25) is 5.91 Å². The van der Waals surface area contributed by atoms with E-state index < -0.39 is 12.1 Å². The second kappa shape index (κ2) is 41.1. The zero-order valence-corrected chi connectivity index (χ0v) is 33.8. The number of aliphatic hydroxyl groups is 2. The number of aliphatic hydroxyl groups excluding tert-OH is 2. The lowest BCUT2D eigenvalue weighted by atomic mass is 10.0. The molecule has 0 rings (SSSR count). The van der Waals surface area contributed by atoms with Crippen molar-refractivity contribution in [3.63, 3.8) is 0 Å². The first kappa shape index (κ1) is 49.3. The second-order valence-electron chi connectivity index (χ2n) is 15.0. The fourth-order valence-corrected chi connectivity index (χ4v) is 6.56. The summed E-state index contributed by atoms with van der Waals surface area (Å²) in [5.74, 6) is -0.107. The maximum atomic E-state index is 12.4. The minimum absolute atomic E-state index is 0.0411. The van der Waals surface area contributed by atoms with Crippen LogP contribution in [-0.2, 0) is 14.3 Å². The summed E-state index contributed by atoms with van der Waals surface area (Å²) >= 11 is 0. The first-order chi connectivity index (χ1) is 25.0. The number of hydrogen-bond acceptors (Lipinski definition) is 5. The zero-order valence-electron chi connectivity index (χ0n) is 33.8. The Morgan fingerprint density at radius 3 is 1.57 bits per heavy atom. The summed E-state index contributed by atoms with van der Waals surface area (Å²) in [6.07, 6.45) is 45.5. The lowest BCUT2D eigenvalue weighted by molar-refractivity contribution is -0.143. The Morgan fingerprint density at radius 1 is 0.549 bits per heavy atom. The van der Waals surface area contributed by atoms with Crippen LogP contribution in [0.2, 0.25) is 0 Å². The van der Waals surface area contributed by atoms with Gasteiger partial charge in [0.1, 0.15) is 0 Å². The topological polar surface area (TPSA) is 95.9 Å². The van der Waals surface area contributed by atoms with Gasteiger partial charge in [0, 0.05) is 12.8 Å². The van der Waals surface area contributed by atoms with Gasteiger partial charge in [0.05, 0.1) is 25.4 Å². The molecular weight excluding hydrogens is 634 g/mol. The van der Waals surface area contributed by atoms with E-state index in [0.717, 1.165) is 70.6 Å². The summed E-state index contributed by atoms with van der Waals surface area (Å²) in [6, 6.07) is -0.561. The van der Waals surface area contributed by atoms with Crippen LogP contribution in [0.4, 0.5) is 0 Å². The third-order valence-electron chi connectivity index (χ3n) is 9.98. The molecule has 0 spiro atoms. The fourth-order valence-electron chi connectivity index (χ4n) is 6.56. The van der Waals surface area contributed by atoms with Crippen molar-refractivity contribution in [2.24, 2.45) is 0 Å². The molecule has 300 valence electrons. The molecule has 0 aliphatic carbocycles. The largest absolute Gasteiger partial charge is 0.466 e. The van der Waals surface area contributed by atoms with Gasteiger partial charge in [0.25, 0.3) is 0 Å². The van der Waals surface area contributed by atoms with Crippen LogP contribution in [-0.4, -0.2) is 47.4 Å². The minimum atomic E-state index is -0.681. The molecule has 6 nitrogen and oxygen atoms in total. The average molecular weight is 720 g/mol. The Labute approximate surface area is 316 Å². The quantitative estimate of drug-likeness (QED) is 0.0333. The molecule has 6 heteroatoms. The molecule has 0 aliphatic heterocycles. The number of ether oxygens (including phenoxy) is 1. The molecule has 2 atom stereocenters. The molecule has 1 amide bonds. The molecule has 3 N–H and O–H groups in total. The number of esters is 1. The van der Waals surface area contributed by atoms with Crippen LogP contribution in [0.25, 0.3) is 0 Å². The van der Waals surface area contributed by atoms with Crippen molar-refractivity contribution in [2.75, 3.05) is 13.2 Å². The Balaban J connectivity index is 3.52. The van der Waals surface area contributed by atoms with E-state index in [1.807, 2.05) is 0 Å². The van der Waals surface area contributed by atoms with Gasteiger partial charge in [-0.15, -0.1) is 0 Å². The van der Waals surface area contributed by atoms with E-state index in [0.29, 0.717) is 25.9 Å². The molecule has 0 fully saturated rings. The van der Waals surface area contributed by atoms with Gasteiger partial charge in [-0.25, -0.2) is 0 Å². The molecule has 0 aromatic heterocycles. The van der Waals surface area contributed by atoms with Crippen molar-refractivity contribution in [3.05, 3.63) is 24.3 Å². The lowest BCUT2D eigenvalue weighted by Gasteiger charge is -2.22. The highest BCUT2D eigenvalue weighted by Crippen LogP contribution is 2.15. The molecule has 0 aromatic carbocycles. The maximum absolute atomic E-state index is 12.4. The van der Waals surface area contributed by atoms with Crippen molar-refractivity contribution in [2.45, 2.75) is 238 Å². The van der Waals surface area contributed by atoms with Crippen LogP contribution < -0.4 is 5.32 Å². The maximum Gasteiger partial charge on any atom is 0.305 e. The fraction of sp³-hybridized carbons (Fsp3) is 0.867. The van der Waals surface area contributed by atoms with E-state index >= 15 is 0 Å². The summed E-state index contributed by atoms with van der Waals surface area (Å²) in [7, 11) is 0. The van der Waals surface area contributed by atoms with Crippen molar-refractivity contribution in [1.82, 2.24) is 5.32 Å². The van der Waals surface area contributed by atoms with E-state index in [1.54, 1.807) is 0 Å². The zero-order chi connectivity index (χ0) is 37.3. The van der Waals surface area contributed by atoms with E-state index in [1.165, 1.54) is 122 Å². The van der Waals surface area contributed by atoms with Crippen LogP contribution in [0.5, 0.6) is 0 Å². The molecule has 0 saturated carbocycles. The standard InChI is InChI=1S/C45H85NO5/c1-3-5-7-9-11-13-15-17-19-23-27-31-35-39-45(50)51-40-36-32-28-24-20-22-26-30-34-38-44(49)46-42(41-47)43(48)37-33-29-25-21-18-16-14-12-10-8-6-4-2/h7,9,13,15,42-43,47-48H,3-6,8,10-12,14,16-41H2,1-2H3,(H,46,49)/b9-7-,15-13-. The molecule has 0 aromatic rings. The van der Waals surface area contributed by atoms with Crippen LogP contribution in [0, 0.1) is 0 Å². The van der Waals surface area contributed by atoms with E-state index in [9.17, 15) is 19.8 Å². The van der Waals surface area contributed by atoms with Gasteiger partial charge < -0.3 is 20.3 Å². The minimum Gasteiger partial charge on any atom is -0.466 e. The predicted molar refractivity (Wildman–Crippen MR) is 218 cm³/mol. The number of carbonyl (C=O) groups excluding carboxylic acids is 2. The smallest absolute Gasteiger partial charge is 0.305 e. The number of unbranched alkanes of at least 4 members (excludes halogenated alkanes) is 25. The summed E-state index contributed by atoms with van der Waals surface area (Å²) in [6.45, 7) is 4.80. The van der Waals surface area contributed by atoms with E-state index in [4.69, 9.17) is 4.74 Å². The Hall–Kier alpha value is -1.66. The summed E-state index contributed by atoms with van der Waals surface area (Å²) in [5.41, 5.74) is 0. The first-order valence-electron chi connectivity index (χ1n) is 22.1. The molecule has 0 radical (unpaired) electrons. The van der Waals surface area contributed by atoms with Crippen LogP contribution in [0.3, 0.4) is 0 Å². The summed E-state index contributed by atoms with van der Waals surface area (Å²) in [5, 5.41) is 23.1. The average Bonchev–Trinajstić information content (AvgIpc) is 3.13.